The van der Waals surface area contributed by atoms with Gasteiger partial charge in [0.1, 0.15) is 23.1 Å². The van der Waals surface area contributed by atoms with Crippen LogP contribution in [0.2, 0.25) is 0 Å². The van der Waals surface area contributed by atoms with Crippen LogP contribution in [-0.4, -0.2) is 47.6 Å². The van der Waals surface area contributed by atoms with Crippen molar-refractivity contribution in [2.75, 3.05) is 32.2 Å². The number of aryl methyl sites for hydroxylation is 1. The van der Waals surface area contributed by atoms with E-state index in [0.29, 0.717) is 53.9 Å². The van der Waals surface area contributed by atoms with Gasteiger partial charge in [0.05, 0.1) is 37.4 Å². The Balaban J connectivity index is 1.69. The summed E-state index contributed by atoms with van der Waals surface area (Å²) >= 11 is 0. The molecular weight excluding hydrogens is 487 g/mol. The molecule has 1 fully saturated rings. The van der Waals surface area contributed by atoms with E-state index >= 15 is 4.39 Å². The Morgan fingerprint density at radius 1 is 1.22 bits per heavy atom. The van der Waals surface area contributed by atoms with E-state index in [1.54, 1.807) is 33.1 Å². The standard InChI is InChI=1S/C27H32F3N3O4/c1-15(18-7-6-8-20(24(18)28)27(29,30)26(3,4)34)31-25-19-11-23(37-14-17-9-10-36-13-17)22(35-5)12-21(19)32-16(2)33-25/h6-8,11-12,15,17,34H,9-10,13-14H2,1-5H3,(H,31,32,33)/t15-,17-/m1/s1. The predicted octanol–water partition coefficient (Wildman–Crippen LogP) is 5.54. The summed E-state index contributed by atoms with van der Waals surface area (Å²) in [4.78, 5) is 8.98. The van der Waals surface area contributed by atoms with Crippen LogP contribution >= 0.6 is 0 Å². The van der Waals surface area contributed by atoms with Gasteiger partial charge in [0.25, 0.3) is 0 Å². The van der Waals surface area contributed by atoms with Crippen LogP contribution in [0.25, 0.3) is 10.9 Å². The molecule has 2 atom stereocenters. The average molecular weight is 520 g/mol. The molecule has 10 heteroatoms. The summed E-state index contributed by atoms with van der Waals surface area (Å²) in [7, 11) is 1.54. The van der Waals surface area contributed by atoms with E-state index < -0.39 is 28.9 Å². The molecule has 0 radical (unpaired) electrons. The molecule has 1 aromatic heterocycles. The lowest BCUT2D eigenvalue weighted by Gasteiger charge is -2.30. The zero-order valence-corrected chi connectivity index (χ0v) is 21.6. The van der Waals surface area contributed by atoms with Gasteiger partial charge >= 0.3 is 5.92 Å². The molecule has 1 aliphatic rings. The number of ether oxygens (including phenoxy) is 3. The molecule has 1 saturated heterocycles. The second-order valence-corrected chi connectivity index (χ2v) is 9.89. The highest BCUT2D eigenvalue weighted by Crippen LogP contribution is 2.42. The summed E-state index contributed by atoms with van der Waals surface area (Å²) in [5, 5.41) is 13.7. The number of nitrogens with one attached hydrogen (secondary N) is 1. The third-order valence-corrected chi connectivity index (χ3v) is 6.55. The number of nitrogens with zero attached hydrogens (tertiary/aromatic N) is 2. The Labute approximate surface area is 214 Å². The second-order valence-electron chi connectivity index (χ2n) is 9.89. The molecule has 0 saturated carbocycles. The van der Waals surface area contributed by atoms with Gasteiger partial charge in [-0.3, -0.25) is 0 Å². The molecule has 0 amide bonds. The van der Waals surface area contributed by atoms with Crippen LogP contribution in [0.15, 0.2) is 30.3 Å². The largest absolute Gasteiger partial charge is 0.493 e. The smallest absolute Gasteiger partial charge is 0.303 e. The number of rotatable bonds is 9. The van der Waals surface area contributed by atoms with Crippen molar-refractivity contribution in [3.63, 3.8) is 0 Å². The van der Waals surface area contributed by atoms with Crippen molar-refractivity contribution in [2.24, 2.45) is 5.92 Å². The Hall–Kier alpha value is -3.11. The molecule has 200 valence electrons. The van der Waals surface area contributed by atoms with Crippen LogP contribution in [0.1, 0.15) is 50.2 Å². The van der Waals surface area contributed by atoms with Gasteiger partial charge in [0.15, 0.2) is 11.5 Å². The maximum Gasteiger partial charge on any atom is 0.303 e. The van der Waals surface area contributed by atoms with E-state index in [1.165, 1.54) is 12.1 Å². The minimum atomic E-state index is -3.79. The number of aliphatic hydroxyl groups is 1. The summed E-state index contributed by atoms with van der Waals surface area (Å²) < 4.78 is 61.9. The SMILES string of the molecule is COc1cc2nc(C)nc(N[C@H](C)c3cccc(C(F)(F)C(C)(C)O)c3F)c2cc1OC[C@@H]1CCOC1. The highest BCUT2D eigenvalue weighted by Gasteiger charge is 2.49. The van der Waals surface area contributed by atoms with Crippen molar-refractivity contribution < 1.29 is 32.5 Å². The van der Waals surface area contributed by atoms with Gasteiger partial charge in [-0.05, 0) is 46.2 Å². The minimum Gasteiger partial charge on any atom is -0.493 e. The van der Waals surface area contributed by atoms with Crippen LogP contribution in [-0.2, 0) is 10.7 Å². The molecule has 7 nitrogen and oxygen atoms in total. The lowest BCUT2D eigenvalue weighted by molar-refractivity contribution is -0.170. The monoisotopic (exact) mass is 519 g/mol. The molecule has 4 rings (SSSR count). The fraction of sp³-hybridized carbons (Fsp3) is 0.481. The van der Waals surface area contributed by atoms with E-state index in [9.17, 15) is 13.9 Å². The fourth-order valence-corrected chi connectivity index (χ4v) is 4.30. The van der Waals surface area contributed by atoms with Crippen molar-refractivity contribution in [2.45, 2.75) is 51.7 Å². The van der Waals surface area contributed by atoms with Crippen molar-refractivity contribution in [1.29, 1.82) is 0 Å². The van der Waals surface area contributed by atoms with Gasteiger partial charge in [-0.2, -0.15) is 8.78 Å². The summed E-state index contributed by atoms with van der Waals surface area (Å²) in [6.07, 6.45) is 0.916. The van der Waals surface area contributed by atoms with Crippen LogP contribution in [0.4, 0.5) is 19.0 Å². The molecule has 0 spiro atoms. The Bertz CT molecular complexity index is 1270. The number of methoxy groups -OCH3 is 1. The number of aromatic nitrogens is 2. The zero-order valence-electron chi connectivity index (χ0n) is 21.6. The Morgan fingerprint density at radius 3 is 2.62 bits per heavy atom. The number of anilines is 1. The van der Waals surface area contributed by atoms with E-state index in [-0.39, 0.29) is 11.5 Å². The Kier molecular flexibility index (Phi) is 7.52. The van der Waals surface area contributed by atoms with E-state index in [0.717, 1.165) is 26.3 Å². The third-order valence-electron chi connectivity index (χ3n) is 6.55. The average Bonchev–Trinajstić information content (AvgIpc) is 3.35. The molecule has 1 aliphatic heterocycles. The number of benzene rings is 2. The maximum absolute atomic E-state index is 15.3. The Morgan fingerprint density at radius 2 is 1.97 bits per heavy atom. The normalized spacial score (nSPS) is 17.2. The number of hydrogen-bond acceptors (Lipinski definition) is 7. The lowest BCUT2D eigenvalue weighted by Crippen LogP contribution is -2.41. The van der Waals surface area contributed by atoms with Gasteiger partial charge in [0, 0.05) is 29.5 Å². The van der Waals surface area contributed by atoms with E-state index in [4.69, 9.17) is 14.2 Å². The number of fused-ring (bicyclic) bond motifs is 1. The molecule has 0 unspecified atom stereocenters. The van der Waals surface area contributed by atoms with Gasteiger partial charge in [-0.1, -0.05) is 12.1 Å². The summed E-state index contributed by atoms with van der Waals surface area (Å²) in [6.45, 7) is 7.07. The van der Waals surface area contributed by atoms with Crippen LogP contribution in [0, 0.1) is 18.7 Å². The van der Waals surface area contributed by atoms with Crippen LogP contribution < -0.4 is 14.8 Å². The molecule has 37 heavy (non-hydrogen) atoms. The number of alkyl halides is 2. The first-order valence-electron chi connectivity index (χ1n) is 12.1. The predicted molar refractivity (Wildman–Crippen MR) is 134 cm³/mol. The number of halogens is 3. The quantitative estimate of drug-likeness (QED) is 0.384. The highest BCUT2D eigenvalue weighted by molar-refractivity contribution is 5.92. The highest BCUT2D eigenvalue weighted by atomic mass is 19.3. The maximum atomic E-state index is 15.3. The fourth-order valence-electron chi connectivity index (χ4n) is 4.30. The topological polar surface area (TPSA) is 85.7 Å². The van der Waals surface area contributed by atoms with Gasteiger partial charge in [-0.25, -0.2) is 14.4 Å². The first-order chi connectivity index (χ1) is 17.4. The first kappa shape index (κ1) is 26.9. The van der Waals surface area contributed by atoms with E-state index in [2.05, 4.69) is 15.3 Å². The molecule has 0 bridgehead atoms. The third kappa shape index (κ3) is 5.45. The molecule has 2 N–H and O–H groups in total. The lowest BCUT2D eigenvalue weighted by atomic mass is 9.91. The molecule has 2 heterocycles. The minimum absolute atomic E-state index is 0.0112. The molecule has 0 aliphatic carbocycles. The van der Waals surface area contributed by atoms with Crippen molar-refractivity contribution >= 4 is 16.7 Å². The first-order valence-corrected chi connectivity index (χ1v) is 12.1. The van der Waals surface area contributed by atoms with Crippen molar-refractivity contribution in [3.05, 3.63) is 53.1 Å². The van der Waals surface area contributed by atoms with Crippen molar-refractivity contribution in [3.8, 4) is 11.5 Å². The van der Waals surface area contributed by atoms with Crippen LogP contribution in [0.5, 0.6) is 11.5 Å². The summed E-state index contributed by atoms with van der Waals surface area (Å²) in [6, 6.07) is 6.52. The van der Waals surface area contributed by atoms with E-state index in [1.807, 2.05) is 0 Å². The number of hydrogen-bond donors (Lipinski definition) is 2. The van der Waals surface area contributed by atoms with Gasteiger partial charge < -0.3 is 24.6 Å². The second kappa shape index (κ2) is 10.3. The van der Waals surface area contributed by atoms with Crippen molar-refractivity contribution in [1.82, 2.24) is 9.97 Å². The summed E-state index contributed by atoms with van der Waals surface area (Å²) in [5.41, 5.74) is -2.72. The van der Waals surface area contributed by atoms with Gasteiger partial charge in [-0.15, -0.1) is 0 Å². The van der Waals surface area contributed by atoms with Gasteiger partial charge in [0.2, 0.25) is 0 Å². The molecule has 3 aromatic rings. The summed E-state index contributed by atoms with van der Waals surface area (Å²) in [5.74, 6) is -2.73. The van der Waals surface area contributed by atoms with Crippen LogP contribution in [0.3, 0.4) is 0 Å². The molecular formula is C27H32F3N3O4. The zero-order chi connectivity index (χ0) is 27.0. The molecule has 2 aromatic carbocycles.